The Labute approximate surface area is 157 Å². The molecule has 0 aliphatic carbocycles. The number of hydrogen-bond acceptors (Lipinski definition) is 4. The number of carbonyl (C=O) groups excluding carboxylic acids is 2. The van der Waals surface area contributed by atoms with Crippen molar-refractivity contribution in [2.75, 3.05) is 12.4 Å². The van der Waals surface area contributed by atoms with E-state index in [-0.39, 0.29) is 16.4 Å². The highest BCUT2D eigenvalue weighted by atomic mass is 35.5. The second-order valence-electron chi connectivity index (χ2n) is 5.58. The maximum absolute atomic E-state index is 13.9. The number of benzene rings is 1. The SMILES string of the molecule is COC(=O)[C@](NC(=O)c1ccccc1Cl)(Nc1ccc(C)c[nH+]1)C(F)(F)F. The van der Waals surface area contributed by atoms with Gasteiger partial charge in [0, 0.05) is 6.07 Å². The van der Waals surface area contributed by atoms with E-state index in [9.17, 15) is 22.8 Å². The van der Waals surface area contributed by atoms with Gasteiger partial charge in [-0.2, -0.15) is 13.2 Å². The molecule has 6 nitrogen and oxygen atoms in total. The van der Waals surface area contributed by atoms with Crippen molar-refractivity contribution in [3.05, 3.63) is 58.7 Å². The molecule has 1 amide bonds. The lowest BCUT2D eigenvalue weighted by Crippen LogP contribution is -2.69. The Morgan fingerprint density at radius 3 is 2.33 bits per heavy atom. The molecule has 0 saturated heterocycles. The van der Waals surface area contributed by atoms with Gasteiger partial charge in [0.1, 0.15) is 0 Å². The monoisotopic (exact) mass is 402 g/mol. The van der Waals surface area contributed by atoms with Crippen molar-refractivity contribution in [2.45, 2.75) is 18.8 Å². The van der Waals surface area contributed by atoms with Gasteiger partial charge in [-0.05, 0) is 30.7 Å². The van der Waals surface area contributed by atoms with Crippen LogP contribution in [0.15, 0.2) is 42.6 Å². The number of hydrogen-bond donors (Lipinski definition) is 2. The number of methoxy groups -OCH3 is 1. The van der Waals surface area contributed by atoms with Gasteiger partial charge in [-0.1, -0.05) is 23.7 Å². The fourth-order valence-electron chi connectivity index (χ4n) is 2.21. The zero-order chi connectivity index (χ0) is 20.2. The van der Waals surface area contributed by atoms with Gasteiger partial charge in [-0.25, -0.2) is 15.1 Å². The lowest BCUT2D eigenvalue weighted by Gasteiger charge is -2.30. The van der Waals surface area contributed by atoms with E-state index in [0.717, 1.165) is 12.7 Å². The molecule has 27 heavy (non-hydrogen) atoms. The standard InChI is InChI=1S/C17H15ClF3N3O3/c1-10-7-8-13(22-9-10)23-16(15(26)27-2,17(19,20)21)24-14(25)11-5-3-4-6-12(11)18/h3-9H,1-2H3,(H,22,23)(H,24,25)/p+1/t16-/m1/s1. The third-order valence-electron chi connectivity index (χ3n) is 3.63. The van der Waals surface area contributed by atoms with Crippen molar-refractivity contribution in [2.24, 2.45) is 0 Å². The Hall–Kier alpha value is -2.81. The molecule has 2 rings (SSSR count). The van der Waals surface area contributed by atoms with Crippen LogP contribution in [0.3, 0.4) is 0 Å². The van der Waals surface area contributed by atoms with Crippen LogP contribution >= 0.6 is 11.6 Å². The highest BCUT2D eigenvalue weighted by Gasteiger charge is 2.67. The van der Waals surface area contributed by atoms with Gasteiger partial charge < -0.3 is 4.74 Å². The predicted octanol–water partition coefficient (Wildman–Crippen LogP) is 2.74. The molecule has 0 saturated carbocycles. The molecule has 0 radical (unpaired) electrons. The van der Waals surface area contributed by atoms with Gasteiger partial charge >= 0.3 is 17.8 Å². The number of amides is 1. The van der Waals surface area contributed by atoms with Crippen LogP contribution in [-0.4, -0.2) is 30.8 Å². The maximum Gasteiger partial charge on any atom is 0.464 e. The average molecular weight is 403 g/mol. The number of alkyl halides is 3. The van der Waals surface area contributed by atoms with Gasteiger partial charge in [0.05, 0.1) is 23.9 Å². The summed E-state index contributed by atoms with van der Waals surface area (Å²) in [6.45, 7) is 1.72. The molecular weight excluding hydrogens is 387 g/mol. The summed E-state index contributed by atoms with van der Waals surface area (Å²) in [5, 5.41) is 3.62. The van der Waals surface area contributed by atoms with E-state index < -0.39 is 23.7 Å². The Bertz CT molecular complexity index is 843. The number of aryl methyl sites for hydroxylation is 1. The first-order chi connectivity index (χ1) is 12.6. The summed E-state index contributed by atoms with van der Waals surface area (Å²) in [7, 11) is 0.783. The van der Waals surface area contributed by atoms with Gasteiger partial charge in [-0.15, -0.1) is 0 Å². The Morgan fingerprint density at radius 2 is 1.81 bits per heavy atom. The van der Waals surface area contributed by atoms with Gasteiger partial charge in [0.2, 0.25) is 0 Å². The first-order valence-electron chi connectivity index (χ1n) is 7.59. The van der Waals surface area contributed by atoms with E-state index in [1.807, 2.05) is 5.32 Å². The summed E-state index contributed by atoms with van der Waals surface area (Å²) in [5.74, 6) is -3.12. The molecule has 0 aliphatic heterocycles. The van der Waals surface area contributed by atoms with Gasteiger partial charge in [0.25, 0.3) is 11.7 Å². The number of nitrogens with one attached hydrogen (secondary N) is 3. The van der Waals surface area contributed by atoms with Crippen molar-refractivity contribution in [3.63, 3.8) is 0 Å². The molecule has 10 heteroatoms. The van der Waals surface area contributed by atoms with Crippen LogP contribution in [0.1, 0.15) is 15.9 Å². The number of anilines is 1. The average Bonchev–Trinajstić information content (AvgIpc) is 2.61. The number of aromatic nitrogens is 1. The molecule has 0 fully saturated rings. The van der Waals surface area contributed by atoms with Crippen LogP contribution in [0.4, 0.5) is 19.0 Å². The molecule has 0 spiro atoms. The zero-order valence-corrected chi connectivity index (χ0v) is 15.0. The number of H-pyrrole nitrogens is 1. The lowest BCUT2D eigenvalue weighted by atomic mass is 10.1. The smallest absolute Gasteiger partial charge is 0.464 e. The second-order valence-corrected chi connectivity index (χ2v) is 5.99. The van der Waals surface area contributed by atoms with Crippen molar-refractivity contribution < 1.29 is 32.5 Å². The number of esters is 1. The third kappa shape index (κ3) is 4.30. The van der Waals surface area contributed by atoms with Crippen LogP contribution in [0.5, 0.6) is 0 Å². The maximum atomic E-state index is 13.9. The Balaban J connectivity index is 2.50. The van der Waals surface area contributed by atoms with Crippen LogP contribution in [0, 0.1) is 6.92 Å². The molecule has 144 valence electrons. The van der Waals surface area contributed by atoms with E-state index in [2.05, 4.69) is 9.72 Å². The van der Waals surface area contributed by atoms with Crippen LogP contribution in [-0.2, 0) is 9.53 Å². The summed E-state index contributed by atoms with van der Waals surface area (Å²) in [6, 6.07) is 8.32. The van der Waals surface area contributed by atoms with Crippen molar-refractivity contribution in [1.29, 1.82) is 0 Å². The van der Waals surface area contributed by atoms with Crippen molar-refractivity contribution >= 4 is 29.3 Å². The van der Waals surface area contributed by atoms with Crippen molar-refractivity contribution in [1.82, 2.24) is 5.32 Å². The molecule has 2 aromatic rings. The fourth-order valence-corrected chi connectivity index (χ4v) is 2.43. The number of rotatable bonds is 5. The van der Waals surface area contributed by atoms with E-state index in [1.165, 1.54) is 42.6 Å². The minimum absolute atomic E-state index is 0.0714. The second kappa shape index (κ2) is 7.83. The minimum Gasteiger partial charge on any atom is -0.464 e. The van der Waals surface area contributed by atoms with Crippen LogP contribution < -0.4 is 15.6 Å². The van der Waals surface area contributed by atoms with Gasteiger partial charge in [-0.3, -0.25) is 10.1 Å². The van der Waals surface area contributed by atoms with Crippen LogP contribution in [0.25, 0.3) is 0 Å². The van der Waals surface area contributed by atoms with Gasteiger partial charge in [0.15, 0.2) is 0 Å². The molecule has 1 aromatic heterocycles. The normalized spacial score (nSPS) is 13.4. The molecule has 0 aliphatic rings. The highest BCUT2D eigenvalue weighted by Crippen LogP contribution is 2.33. The van der Waals surface area contributed by atoms with E-state index in [1.54, 1.807) is 12.2 Å². The molecule has 0 unspecified atom stereocenters. The summed E-state index contributed by atoms with van der Waals surface area (Å²) in [4.78, 5) is 27.1. The highest BCUT2D eigenvalue weighted by molar-refractivity contribution is 6.33. The van der Waals surface area contributed by atoms with E-state index >= 15 is 0 Å². The molecule has 3 N–H and O–H groups in total. The number of halogens is 4. The van der Waals surface area contributed by atoms with E-state index in [4.69, 9.17) is 11.6 Å². The molecule has 0 bridgehead atoms. The largest absolute Gasteiger partial charge is 0.464 e. The minimum atomic E-state index is -5.24. The topological polar surface area (TPSA) is 81.6 Å². The fraction of sp³-hybridized carbons (Fsp3) is 0.235. The summed E-state index contributed by atoms with van der Waals surface area (Å²) in [6.07, 6.45) is -3.81. The van der Waals surface area contributed by atoms with E-state index in [0.29, 0.717) is 0 Å². The first-order valence-corrected chi connectivity index (χ1v) is 7.97. The number of aromatic amines is 1. The quantitative estimate of drug-likeness (QED) is 0.595. The molecule has 1 heterocycles. The molecule has 1 atom stereocenters. The van der Waals surface area contributed by atoms with Crippen molar-refractivity contribution in [3.8, 4) is 0 Å². The summed E-state index contributed by atoms with van der Waals surface area (Å²) < 4.78 is 46.1. The number of carbonyl (C=O) groups is 2. The Morgan fingerprint density at radius 1 is 1.15 bits per heavy atom. The molecule has 1 aromatic carbocycles. The predicted molar refractivity (Wildman–Crippen MR) is 91.1 cm³/mol. The summed E-state index contributed by atoms with van der Waals surface area (Å²) >= 11 is 5.87. The third-order valence-corrected chi connectivity index (χ3v) is 3.96. The molecular formula is C17H16ClF3N3O3+. The van der Waals surface area contributed by atoms with Crippen LogP contribution in [0.2, 0.25) is 5.02 Å². The lowest BCUT2D eigenvalue weighted by molar-refractivity contribution is -0.363. The zero-order valence-electron chi connectivity index (χ0n) is 14.3. The number of ether oxygens (including phenoxy) is 1. The first kappa shape index (κ1) is 20.5. The number of pyridine rings is 1. The summed E-state index contributed by atoms with van der Waals surface area (Å²) in [5.41, 5.74) is -3.02. The Kier molecular flexibility index (Phi) is 5.94.